The molecule has 0 saturated heterocycles. The molecule has 88 valence electrons. The van der Waals surface area contributed by atoms with Crippen LogP contribution in [0.4, 0.5) is 0 Å². The zero-order valence-electron chi connectivity index (χ0n) is 9.81. The molecule has 3 heteroatoms. The summed E-state index contributed by atoms with van der Waals surface area (Å²) in [5.41, 5.74) is 1.10. The van der Waals surface area contributed by atoms with Crippen molar-refractivity contribution in [3.05, 3.63) is 42.0 Å². The average Bonchev–Trinajstić information content (AvgIpc) is 2.36. The van der Waals surface area contributed by atoms with Crippen LogP contribution in [-0.2, 0) is 0 Å². The zero-order chi connectivity index (χ0) is 12.4. The maximum absolute atomic E-state index is 9.47. The van der Waals surface area contributed by atoms with Crippen LogP contribution in [0.15, 0.2) is 36.4 Å². The fourth-order valence-electron chi connectivity index (χ4n) is 1.78. The topological polar surface area (TPSA) is 29.5 Å². The summed E-state index contributed by atoms with van der Waals surface area (Å²) < 4.78 is 5.51. The van der Waals surface area contributed by atoms with Gasteiger partial charge in [-0.2, -0.15) is 0 Å². The molecule has 0 aliphatic heterocycles. The number of aliphatic hydroxyl groups excluding tert-OH is 1. The molecule has 1 atom stereocenters. The predicted molar refractivity (Wildman–Crippen MR) is 71.6 cm³/mol. The van der Waals surface area contributed by atoms with E-state index in [1.165, 1.54) is 0 Å². The second kappa shape index (κ2) is 4.91. The van der Waals surface area contributed by atoms with E-state index in [9.17, 15) is 5.11 Å². The molecule has 0 amide bonds. The molecular formula is C14H14O2Se. The number of rotatable bonds is 3. The van der Waals surface area contributed by atoms with Gasteiger partial charge >= 0.3 is 108 Å². The standard InChI is InChI=1S/C14H14O2Se/c1-9(14(15)17)10-3-4-12-8-13(16-2)6-5-11(12)7-10/h3-9H,1-2H3,(H,15,17). The van der Waals surface area contributed by atoms with E-state index in [-0.39, 0.29) is 5.92 Å². The molecule has 0 aromatic heterocycles. The Labute approximate surface area is 109 Å². The summed E-state index contributed by atoms with van der Waals surface area (Å²) in [6, 6.07) is 12.1. The van der Waals surface area contributed by atoms with Gasteiger partial charge in [-0.15, -0.1) is 0 Å². The van der Waals surface area contributed by atoms with Crippen molar-refractivity contribution in [1.29, 1.82) is 0 Å². The zero-order valence-corrected chi connectivity index (χ0v) is 11.5. The Morgan fingerprint density at radius 2 is 1.82 bits per heavy atom. The van der Waals surface area contributed by atoms with Crippen LogP contribution in [-0.4, -0.2) is 32.4 Å². The van der Waals surface area contributed by atoms with Gasteiger partial charge < -0.3 is 0 Å². The molecule has 1 unspecified atom stereocenters. The Balaban J connectivity index is 2.48. The molecule has 0 fully saturated rings. The molecule has 0 saturated carbocycles. The molecule has 0 heterocycles. The first kappa shape index (κ1) is 12.2. The van der Waals surface area contributed by atoms with Gasteiger partial charge in [-0.1, -0.05) is 0 Å². The van der Waals surface area contributed by atoms with E-state index in [0.717, 1.165) is 22.1 Å². The van der Waals surface area contributed by atoms with Crippen LogP contribution in [0.25, 0.3) is 10.8 Å². The third-order valence-electron chi connectivity index (χ3n) is 2.94. The van der Waals surface area contributed by atoms with Gasteiger partial charge in [0, 0.05) is 0 Å². The minimum absolute atomic E-state index is 0.0153. The molecule has 2 nitrogen and oxygen atoms in total. The fourth-order valence-corrected chi connectivity index (χ4v) is 2.07. The second-order valence-electron chi connectivity index (χ2n) is 4.03. The summed E-state index contributed by atoms with van der Waals surface area (Å²) in [5, 5.41) is 11.8. The SMILES string of the molecule is COc1ccc2cc(C(C)C(O)=[Se])ccc2c1. The summed E-state index contributed by atoms with van der Waals surface area (Å²) in [6.45, 7) is 1.97. The number of methoxy groups -OCH3 is 1. The van der Waals surface area contributed by atoms with E-state index in [1.807, 2.05) is 37.3 Å². The Bertz CT molecular complexity index is 563. The summed E-state index contributed by atoms with van der Waals surface area (Å²) in [4.78, 5) is 0. The van der Waals surface area contributed by atoms with Crippen LogP contribution < -0.4 is 4.74 Å². The first-order valence-electron chi connectivity index (χ1n) is 5.42. The van der Waals surface area contributed by atoms with E-state index in [1.54, 1.807) is 7.11 Å². The van der Waals surface area contributed by atoms with Gasteiger partial charge in [-0.25, -0.2) is 0 Å². The Morgan fingerprint density at radius 1 is 1.18 bits per heavy atom. The number of benzene rings is 2. The van der Waals surface area contributed by atoms with Crippen molar-refractivity contribution in [2.45, 2.75) is 12.8 Å². The van der Waals surface area contributed by atoms with Gasteiger partial charge in [0.05, 0.1) is 0 Å². The summed E-state index contributed by atoms with van der Waals surface area (Å²) >= 11 is 2.66. The maximum atomic E-state index is 9.47. The molecule has 2 rings (SSSR count). The molecule has 0 bridgehead atoms. The Kier molecular flexibility index (Phi) is 3.51. The monoisotopic (exact) mass is 294 g/mol. The van der Waals surface area contributed by atoms with Crippen LogP contribution in [0.1, 0.15) is 18.4 Å². The summed E-state index contributed by atoms with van der Waals surface area (Å²) in [6.07, 6.45) is 0. The molecular weight excluding hydrogens is 279 g/mol. The normalized spacial score (nSPS) is 12.4. The van der Waals surface area contributed by atoms with E-state index in [0.29, 0.717) is 4.60 Å². The molecule has 0 spiro atoms. The van der Waals surface area contributed by atoms with Gasteiger partial charge in [0.25, 0.3) is 0 Å². The Morgan fingerprint density at radius 3 is 2.47 bits per heavy atom. The number of hydrogen-bond acceptors (Lipinski definition) is 2. The van der Waals surface area contributed by atoms with Crippen molar-refractivity contribution in [3.8, 4) is 5.75 Å². The first-order chi connectivity index (χ1) is 8.11. The van der Waals surface area contributed by atoms with Crippen molar-refractivity contribution in [1.82, 2.24) is 0 Å². The minimum atomic E-state index is 0.0153. The fraction of sp³-hybridized carbons (Fsp3) is 0.214. The van der Waals surface area contributed by atoms with E-state index < -0.39 is 0 Å². The summed E-state index contributed by atoms with van der Waals surface area (Å²) in [5.74, 6) is 0.873. The second-order valence-corrected chi connectivity index (χ2v) is 4.91. The first-order valence-corrected chi connectivity index (χ1v) is 6.28. The molecule has 0 aliphatic rings. The van der Waals surface area contributed by atoms with Crippen molar-refractivity contribution in [3.63, 3.8) is 0 Å². The molecule has 2 aromatic rings. The van der Waals surface area contributed by atoms with Gasteiger partial charge in [0.2, 0.25) is 0 Å². The van der Waals surface area contributed by atoms with Crippen LogP contribution in [0.3, 0.4) is 0 Å². The van der Waals surface area contributed by atoms with E-state index >= 15 is 0 Å². The van der Waals surface area contributed by atoms with Gasteiger partial charge in [-0.05, 0) is 0 Å². The third-order valence-corrected chi connectivity index (χ3v) is 3.68. The Hall–Kier alpha value is -1.31. The molecule has 2 aromatic carbocycles. The number of ether oxygens (including phenoxy) is 1. The third kappa shape index (κ3) is 2.51. The van der Waals surface area contributed by atoms with Crippen LogP contribution in [0.5, 0.6) is 5.75 Å². The van der Waals surface area contributed by atoms with Crippen molar-refractivity contribution in [2.75, 3.05) is 7.11 Å². The van der Waals surface area contributed by atoms with Crippen molar-refractivity contribution >= 4 is 31.0 Å². The van der Waals surface area contributed by atoms with Crippen molar-refractivity contribution < 1.29 is 9.84 Å². The quantitative estimate of drug-likeness (QED) is 0.882. The number of hydrogen-bond donors (Lipinski definition) is 1. The van der Waals surface area contributed by atoms with E-state index in [4.69, 9.17) is 4.74 Å². The van der Waals surface area contributed by atoms with Gasteiger partial charge in [0.1, 0.15) is 0 Å². The molecule has 17 heavy (non-hydrogen) atoms. The average molecular weight is 293 g/mol. The summed E-state index contributed by atoms with van der Waals surface area (Å²) in [7, 11) is 1.66. The van der Waals surface area contributed by atoms with Crippen molar-refractivity contribution in [2.24, 2.45) is 0 Å². The van der Waals surface area contributed by atoms with Crippen LogP contribution in [0, 0.1) is 0 Å². The molecule has 1 N–H and O–H groups in total. The number of aliphatic hydroxyl groups is 1. The van der Waals surface area contributed by atoms with Gasteiger partial charge in [0.15, 0.2) is 0 Å². The predicted octanol–water partition coefficient (Wildman–Crippen LogP) is 2.62. The number of fused-ring (bicyclic) bond motifs is 1. The molecule has 0 aliphatic carbocycles. The van der Waals surface area contributed by atoms with Gasteiger partial charge in [-0.3, -0.25) is 0 Å². The van der Waals surface area contributed by atoms with Crippen LogP contribution in [0.2, 0.25) is 0 Å². The van der Waals surface area contributed by atoms with Crippen LogP contribution >= 0.6 is 0 Å². The van der Waals surface area contributed by atoms with E-state index in [2.05, 4.69) is 21.6 Å². The molecule has 0 radical (unpaired) electrons.